The predicted octanol–water partition coefficient (Wildman–Crippen LogP) is 2.56. The van der Waals surface area contributed by atoms with Gasteiger partial charge >= 0.3 is 0 Å². The molecule has 1 aromatic heterocycles. The fourth-order valence-corrected chi connectivity index (χ4v) is 4.01. The summed E-state index contributed by atoms with van der Waals surface area (Å²) in [4.78, 5) is 16.2. The van der Waals surface area contributed by atoms with Crippen LogP contribution in [0.4, 0.5) is 5.82 Å². The summed E-state index contributed by atoms with van der Waals surface area (Å²) in [5, 5.41) is 3.65. The van der Waals surface area contributed by atoms with E-state index >= 15 is 0 Å². The number of anilines is 1. The summed E-state index contributed by atoms with van der Waals surface area (Å²) in [6.45, 7) is 7.80. The average molecular weight is 363 g/mol. The highest BCUT2D eigenvalue weighted by molar-refractivity contribution is 6.14. The molecule has 0 bridgehead atoms. The Morgan fingerprint density at radius 3 is 2.89 bits per heavy atom. The number of piperazine rings is 1. The minimum Gasteiger partial charge on any atom is -0.491 e. The molecule has 0 atom stereocenters. The molecule has 27 heavy (non-hydrogen) atoms. The second-order valence-electron chi connectivity index (χ2n) is 8.04. The van der Waals surface area contributed by atoms with Crippen LogP contribution in [0.1, 0.15) is 43.5 Å². The largest absolute Gasteiger partial charge is 0.491 e. The lowest BCUT2D eigenvalue weighted by Gasteiger charge is -2.34. The molecule has 2 aliphatic heterocycles. The normalized spacial score (nSPS) is 20.0. The number of aliphatic imine (C=N–C) groups is 1. The van der Waals surface area contributed by atoms with Crippen molar-refractivity contribution in [2.75, 3.05) is 24.5 Å². The zero-order valence-electron chi connectivity index (χ0n) is 15.9. The lowest BCUT2D eigenvalue weighted by atomic mass is 10.0. The summed E-state index contributed by atoms with van der Waals surface area (Å²) in [7, 11) is 0. The molecule has 3 heterocycles. The van der Waals surface area contributed by atoms with Gasteiger partial charge in [-0.25, -0.2) is 9.97 Å². The predicted molar refractivity (Wildman–Crippen MR) is 106 cm³/mol. The molecule has 1 aliphatic carbocycles. The van der Waals surface area contributed by atoms with Gasteiger partial charge in [0.15, 0.2) is 0 Å². The average Bonchev–Trinajstić information content (AvgIpc) is 3.27. The third kappa shape index (κ3) is 3.18. The third-order valence-corrected chi connectivity index (χ3v) is 5.56. The quantitative estimate of drug-likeness (QED) is 0.905. The Morgan fingerprint density at radius 2 is 2.07 bits per heavy atom. The minimum atomic E-state index is 0.151. The SMILES string of the molecule is CC(C)Oc1ccc2c(c1)C(c1cc(N3CCNC4(CC4)C3)ncn1)=NC2. The topological polar surface area (TPSA) is 62.6 Å². The lowest BCUT2D eigenvalue weighted by Crippen LogP contribution is -2.52. The lowest BCUT2D eigenvalue weighted by molar-refractivity contribution is 0.242. The summed E-state index contributed by atoms with van der Waals surface area (Å²) >= 11 is 0. The second-order valence-corrected chi connectivity index (χ2v) is 8.04. The van der Waals surface area contributed by atoms with E-state index in [0.29, 0.717) is 12.1 Å². The van der Waals surface area contributed by atoms with Crippen LogP contribution in [0.25, 0.3) is 0 Å². The maximum absolute atomic E-state index is 5.87. The molecule has 140 valence electrons. The van der Waals surface area contributed by atoms with E-state index in [2.05, 4.69) is 38.4 Å². The highest BCUT2D eigenvalue weighted by atomic mass is 16.5. The molecule has 0 radical (unpaired) electrons. The minimum absolute atomic E-state index is 0.151. The smallest absolute Gasteiger partial charge is 0.132 e. The third-order valence-electron chi connectivity index (χ3n) is 5.56. The summed E-state index contributed by atoms with van der Waals surface area (Å²) in [6.07, 6.45) is 4.35. The van der Waals surface area contributed by atoms with E-state index in [1.54, 1.807) is 6.33 Å². The van der Waals surface area contributed by atoms with Crippen LogP contribution in [0.15, 0.2) is 35.6 Å². The summed E-state index contributed by atoms with van der Waals surface area (Å²) in [5.41, 5.74) is 4.50. The number of ether oxygens (including phenoxy) is 1. The maximum Gasteiger partial charge on any atom is 0.132 e. The number of nitrogens with zero attached hydrogens (tertiary/aromatic N) is 4. The molecule has 0 amide bonds. The van der Waals surface area contributed by atoms with Crippen molar-refractivity contribution in [3.63, 3.8) is 0 Å². The first kappa shape index (κ1) is 16.7. The molecule has 3 aliphatic rings. The van der Waals surface area contributed by atoms with E-state index in [1.807, 2.05) is 19.9 Å². The van der Waals surface area contributed by atoms with Crippen molar-refractivity contribution in [3.8, 4) is 5.75 Å². The van der Waals surface area contributed by atoms with Crippen molar-refractivity contribution in [2.45, 2.75) is 44.9 Å². The maximum atomic E-state index is 5.87. The van der Waals surface area contributed by atoms with E-state index in [4.69, 9.17) is 9.73 Å². The molecule has 1 saturated heterocycles. The van der Waals surface area contributed by atoms with E-state index in [9.17, 15) is 0 Å². The Morgan fingerprint density at radius 1 is 1.19 bits per heavy atom. The van der Waals surface area contributed by atoms with Crippen LogP contribution in [-0.2, 0) is 6.54 Å². The Kier molecular flexibility index (Phi) is 3.90. The molecule has 1 N–H and O–H groups in total. The molecule has 2 fully saturated rings. The van der Waals surface area contributed by atoms with Gasteiger partial charge in [0.05, 0.1) is 24.1 Å². The molecule has 1 aromatic carbocycles. The number of hydrogen-bond acceptors (Lipinski definition) is 6. The van der Waals surface area contributed by atoms with E-state index in [-0.39, 0.29) is 6.10 Å². The molecular weight excluding hydrogens is 338 g/mol. The van der Waals surface area contributed by atoms with Gasteiger partial charge in [0.25, 0.3) is 0 Å². The number of hydrogen-bond donors (Lipinski definition) is 1. The molecule has 1 saturated carbocycles. The van der Waals surface area contributed by atoms with Crippen molar-refractivity contribution in [3.05, 3.63) is 47.4 Å². The highest BCUT2D eigenvalue weighted by Crippen LogP contribution is 2.38. The van der Waals surface area contributed by atoms with Gasteiger partial charge in [0.2, 0.25) is 0 Å². The van der Waals surface area contributed by atoms with Crippen molar-refractivity contribution in [2.24, 2.45) is 4.99 Å². The van der Waals surface area contributed by atoms with Crippen molar-refractivity contribution in [1.82, 2.24) is 15.3 Å². The fraction of sp³-hybridized carbons (Fsp3) is 0.476. The molecule has 2 aromatic rings. The molecule has 1 spiro atoms. The van der Waals surface area contributed by atoms with Crippen LogP contribution in [0.2, 0.25) is 0 Å². The van der Waals surface area contributed by atoms with E-state index in [1.165, 1.54) is 18.4 Å². The van der Waals surface area contributed by atoms with Crippen LogP contribution in [-0.4, -0.2) is 47.0 Å². The van der Waals surface area contributed by atoms with Crippen molar-refractivity contribution < 1.29 is 4.74 Å². The molecule has 0 unspecified atom stereocenters. The monoisotopic (exact) mass is 363 g/mol. The number of rotatable bonds is 4. The second kappa shape index (κ2) is 6.30. The summed E-state index contributed by atoms with van der Waals surface area (Å²) in [6, 6.07) is 8.32. The first-order valence-corrected chi connectivity index (χ1v) is 9.79. The van der Waals surface area contributed by atoms with Crippen LogP contribution in [0, 0.1) is 0 Å². The van der Waals surface area contributed by atoms with E-state index in [0.717, 1.165) is 48.2 Å². The number of fused-ring (bicyclic) bond motifs is 1. The van der Waals surface area contributed by atoms with Crippen molar-refractivity contribution in [1.29, 1.82) is 0 Å². The van der Waals surface area contributed by atoms with Gasteiger partial charge in [-0.3, -0.25) is 4.99 Å². The molecule has 6 nitrogen and oxygen atoms in total. The van der Waals surface area contributed by atoms with Gasteiger partial charge in [0, 0.05) is 36.8 Å². The van der Waals surface area contributed by atoms with Crippen molar-refractivity contribution >= 4 is 11.5 Å². The van der Waals surface area contributed by atoms with Crippen LogP contribution in [0.3, 0.4) is 0 Å². The Hall–Kier alpha value is -2.47. The zero-order valence-corrected chi connectivity index (χ0v) is 15.9. The zero-order chi connectivity index (χ0) is 18.4. The number of aromatic nitrogens is 2. The number of nitrogens with one attached hydrogen (secondary N) is 1. The van der Waals surface area contributed by atoms with Crippen LogP contribution < -0.4 is 15.0 Å². The van der Waals surface area contributed by atoms with E-state index < -0.39 is 0 Å². The summed E-state index contributed by atoms with van der Waals surface area (Å²) < 4.78 is 5.87. The Labute approximate surface area is 159 Å². The van der Waals surface area contributed by atoms with Crippen LogP contribution >= 0.6 is 0 Å². The van der Waals surface area contributed by atoms with Gasteiger partial charge < -0.3 is 15.0 Å². The fourth-order valence-electron chi connectivity index (χ4n) is 4.01. The first-order chi connectivity index (χ1) is 13.1. The molecule has 5 rings (SSSR count). The van der Waals surface area contributed by atoms with Gasteiger partial charge in [-0.1, -0.05) is 6.07 Å². The Bertz CT molecular complexity index is 903. The standard InChI is InChI=1S/C21H25N5O/c1-14(2)27-16-4-3-15-11-22-20(17(15)9-16)18-10-19(24-13-23-18)26-8-7-25-21(12-26)5-6-21/h3-4,9-10,13-14,25H,5-8,11-12H2,1-2H3. The highest BCUT2D eigenvalue weighted by Gasteiger charge is 2.45. The Balaban J connectivity index is 1.43. The molecule has 6 heteroatoms. The first-order valence-electron chi connectivity index (χ1n) is 9.79. The van der Waals surface area contributed by atoms with Gasteiger partial charge in [0.1, 0.15) is 17.9 Å². The van der Waals surface area contributed by atoms with Crippen LogP contribution in [0.5, 0.6) is 5.75 Å². The van der Waals surface area contributed by atoms with Gasteiger partial charge in [-0.15, -0.1) is 0 Å². The molecular formula is C21H25N5O. The van der Waals surface area contributed by atoms with Gasteiger partial charge in [-0.05, 0) is 44.4 Å². The van der Waals surface area contributed by atoms with Gasteiger partial charge in [-0.2, -0.15) is 0 Å². The number of benzene rings is 1. The summed E-state index contributed by atoms with van der Waals surface area (Å²) in [5.74, 6) is 1.88.